The topological polar surface area (TPSA) is 189 Å². The summed E-state index contributed by atoms with van der Waals surface area (Å²) in [5, 5.41) is 76.5. The van der Waals surface area contributed by atoms with Crippen molar-refractivity contribution in [3.05, 3.63) is 48.6 Å². The summed E-state index contributed by atoms with van der Waals surface area (Å²) in [6, 6.07) is -1.20. The van der Waals surface area contributed by atoms with Gasteiger partial charge in [0.05, 0.1) is 25.4 Å². The zero-order valence-electron chi connectivity index (χ0n) is 53.9. The Balaban J connectivity index is 2.23. The summed E-state index contributed by atoms with van der Waals surface area (Å²) in [5.41, 5.74) is 0. The predicted molar refractivity (Wildman–Crippen MR) is 348 cm³/mol. The Labute approximate surface area is 510 Å². The van der Waals surface area contributed by atoms with Gasteiger partial charge in [-0.05, 0) is 83.5 Å². The maximum atomic E-state index is 13.2. The molecule has 1 fully saturated rings. The zero-order valence-corrected chi connectivity index (χ0v) is 53.9. The Morgan fingerprint density at radius 3 is 1.14 bits per heavy atom. The van der Waals surface area contributed by atoms with Crippen LogP contribution in [0.25, 0.3) is 0 Å². The molecule has 11 nitrogen and oxygen atoms in total. The van der Waals surface area contributed by atoms with Crippen LogP contribution in [-0.4, -0.2) is 110 Å². The first-order valence-electron chi connectivity index (χ1n) is 35.5. The van der Waals surface area contributed by atoms with Gasteiger partial charge in [-0.1, -0.05) is 300 Å². The molecule has 9 atom stereocenters. The van der Waals surface area contributed by atoms with Crippen LogP contribution < -0.4 is 5.32 Å². The first-order chi connectivity index (χ1) is 40.7. The summed E-state index contributed by atoms with van der Waals surface area (Å²) in [6.07, 6.45) is 67.7. The van der Waals surface area contributed by atoms with E-state index in [1.807, 2.05) is 0 Å². The van der Waals surface area contributed by atoms with Gasteiger partial charge in [0.25, 0.3) is 0 Å². The van der Waals surface area contributed by atoms with E-state index in [2.05, 4.69) is 67.8 Å². The summed E-state index contributed by atoms with van der Waals surface area (Å²) in [4.78, 5) is 13.2. The van der Waals surface area contributed by atoms with E-state index in [1.54, 1.807) is 0 Å². The molecule has 9 unspecified atom stereocenters. The second kappa shape index (κ2) is 60.4. The van der Waals surface area contributed by atoms with Crippen LogP contribution in [0, 0.1) is 0 Å². The Morgan fingerprint density at radius 1 is 0.422 bits per heavy atom. The van der Waals surface area contributed by atoms with E-state index in [-0.39, 0.29) is 12.8 Å². The number of ether oxygens (including phenoxy) is 2. The monoisotopic (exact) mass is 1170 g/mol. The normalized spacial score (nSPS) is 19.3. The smallest absolute Gasteiger partial charge is 0.249 e. The molecule has 0 spiro atoms. The third-order valence-corrected chi connectivity index (χ3v) is 17.1. The molecule has 0 radical (unpaired) electrons. The van der Waals surface area contributed by atoms with E-state index in [9.17, 15) is 40.5 Å². The number of aliphatic hydroxyl groups excluding tert-OH is 7. The van der Waals surface area contributed by atoms with Gasteiger partial charge < -0.3 is 50.5 Å². The van der Waals surface area contributed by atoms with E-state index >= 15 is 0 Å². The number of amides is 1. The molecule has 1 saturated heterocycles. The molecule has 1 heterocycles. The second-order valence-electron chi connectivity index (χ2n) is 24.9. The van der Waals surface area contributed by atoms with Gasteiger partial charge >= 0.3 is 0 Å². The number of aliphatic hydroxyl groups is 7. The number of carbonyl (C=O) groups excluding carboxylic acids is 1. The number of allylic oxidation sites excluding steroid dienone is 8. The standard InChI is InChI=1S/C72H135NO10/c1-3-5-7-9-11-13-15-17-19-21-23-25-27-29-31-33-35-37-39-41-43-45-47-49-51-53-55-57-59-64(75)67(77)63(62-82-72-70(80)69(79)68(78)66(61-74)83-72)73-71(81)65(76)60-58-56-54-52-50-48-46-44-42-40-38-36-34-32-30-28-26-24-22-20-18-16-14-12-10-8-6-4-2/h24,26,30,32,43,45,51,53,63-70,72,74-80H,3-23,25,27-29,31,33-42,44,46-50,52,54-62H2,1-2H3,(H,73,81)/b26-24-,32-30-,45-43+,53-51+. The average molecular weight is 1170 g/mol. The van der Waals surface area contributed by atoms with Gasteiger partial charge in [0.1, 0.15) is 36.6 Å². The summed E-state index contributed by atoms with van der Waals surface area (Å²) in [5.74, 6) is -0.708. The lowest BCUT2D eigenvalue weighted by Gasteiger charge is -2.40. The van der Waals surface area contributed by atoms with Crippen molar-refractivity contribution in [1.82, 2.24) is 5.32 Å². The van der Waals surface area contributed by atoms with Crippen LogP contribution in [0.3, 0.4) is 0 Å². The predicted octanol–water partition coefficient (Wildman–Crippen LogP) is 17.1. The highest BCUT2D eigenvalue weighted by molar-refractivity contribution is 5.80. The molecule has 0 aromatic carbocycles. The Bertz CT molecular complexity index is 1490. The van der Waals surface area contributed by atoms with Crippen molar-refractivity contribution in [2.24, 2.45) is 0 Å². The number of carbonyl (C=O) groups is 1. The fraction of sp³-hybridized carbons (Fsp3) is 0.875. The van der Waals surface area contributed by atoms with Gasteiger partial charge in [0.2, 0.25) is 5.91 Å². The quantitative estimate of drug-likeness (QED) is 0.0215. The molecule has 1 amide bonds. The highest BCUT2D eigenvalue weighted by atomic mass is 16.7. The Morgan fingerprint density at radius 2 is 0.759 bits per heavy atom. The number of unbranched alkanes of at least 4 members (excludes halogenated alkanes) is 42. The second-order valence-corrected chi connectivity index (χ2v) is 24.9. The lowest BCUT2D eigenvalue weighted by atomic mass is 9.98. The highest BCUT2D eigenvalue weighted by Crippen LogP contribution is 2.24. The van der Waals surface area contributed by atoms with Crippen molar-refractivity contribution in [3.8, 4) is 0 Å². The van der Waals surface area contributed by atoms with Crippen molar-refractivity contribution >= 4 is 5.91 Å². The third kappa shape index (κ3) is 47.8. The minimum atomic E-state index is -1.67. The van der Waals surface area contributed by atoms with Crippen molar-refractivity contribution in [2.45, 2.75) is 390 Å². The molecular formula is C72H135NO10. The first-order valence-corrected chi connectivity index (χ1v) is 35.5. The third-order valence-electron chi connectivity index (χ3n) is 17.1. The molecule has 1 aliphatic rings. The van der Waals surface area contributed by atoms with Crippen LogP contribution in [0.15, 0.2) is 48.6 Å². The first kappa shape index (κ1) is 79.1. The van der Waals surface area contributed by atoms with E-state index in [0.29, 0.717) is 19.3 Å². The molecule has 0 saturated carbocycles. The van der Waals surface area contributed by atoms with Gasteiger partial charge in [0, 0.05) is 0 Å². The van der Waals surface area contributed by atoms with Gasteiger partial charge in [-0.25, -0.2) is 0 Å². The molecule has 8 N–H and O–H groups in total. The molecule has 11 heteroatoms. The van der Waals surface area contributed by atoms with Crippen LogP contribution in [0.5, 0.6) is 0 Å². The van der Waals surface area contributed by atoms with Gasteiger partial charge in [-0.3, -0.25) is 4.79 Å². The molecule has 0 aliphatic carbocycles. The van der Waals surface area contributed by atoms with E-state index in [4.69, 9.17) is 9.47 Å². The van der Waals surface area contributed by atoms with Gasteiger partial charge in [-0.15, -0.1) is 0 Å². The van der Waals surface area contributed by atoms with Crippen molar-refractivity contribution < 1.29 is 50.0 Å². The number of rotatable bonds is 62. The summed E-state index contributed by atoms with van der Waals surface area (Å²) >= 11 is 0. The maximum Gasteiger partial charge on any atom is 0.249 e. The van der Waals surface area contributed by atoms with Crippen molar-refractivity contribution in [3.63, 3.8) is 0 Å². The molecule has 1 rings (SSSR count). The van der Waals surface area contributed by atoms with Crippen LogP contribution in [0.2, 0.25) is 0 Å². The molecule has 1 aliphatic heterocycles. The van der Waals surface area contributed by atoms with Crippen LogP contribution in [0.4, 0.5) is 0 Å². The highest BCUT2D eigenvalue weighted by Gasteiger charge is 2.44. The van der Waals surface area contributed by atoms with E-state index < -0.39 is 74.2 Å². The molecule has 0 bridgehead atoms. The minimum Gasteiger partial charge on any atom is -0.394 e. The molecular weight excluding hydrogens is 1040 g/mol. The zero-order chi connectivity index (χ0) is 60.3. The Kier molecular flexibility index (Phi) is 57.5. The maximum absolute atomic E-state index is 13.2. The fourth-order valence-electron chi connectivity index (χ4n) is 11.4. The molecule has 488 valence electrons. The summed E-state index contributed by atoms with van der Waals surface area (Å²) in [7, 11) is 0. The number of hydrogen-bond acceptors (Lipinski definition) is 10. The average Bonchev–Trinajstić information content (AvgIpc) is 3.68. The van der Waals surface area contributed by atoms with Crippen molar-refractivity contribution in [2.75, 3.05) is 13.2 Å². The van der Waals surface area contributed by atoms with Crippen LogP contribution >= 0.6 is 0 Å². The number of hydrogen-bond donors (Lipinski definition) is 8. The van der Waals surface area contributed by atoms with Gasteiger partial charge in [0.15, 0.2) is 6.29 Å². The number of nitrogens with one attached hydrogen (secondary N) is 1. The molecule has 83 heavy (non-hydrogen) atoms. The summed E-state index contributed by atoms with van der Waals surface area (Å²) < 4.78 is 11.2. The van der Waals surface area contributed by atoms with Crippen molar-refractivity contribution in [1.29, 1.82) is 0 Å². The SMILES string of the molecule is CCCCCCCCCCC/C=C\C/C=C\CCCCCCCCCCCCCCC(O)C(=O)NC(COC1OC(CO)C(O)C(O)C1O)C(O)C(O)CCC/C=C/CC/C=C/CCCCCCCCCCCCCCCCCCCCC. The molecule has 0 aromatic rings. The van der Waals surface area contributed by atoms with Crippen LogP contribution in [-0.2, 0) is 14.3 Å². The summed E-state index contributed by atoms with van der Waals surface area (Å²) in [6.45, 7) is 3.48. The largest absolute Gasteiger partial charge is 0.394 e. The minimum absolute atomic E-state index is 0.246. The Hall–Kier alpha value is -1.93. The van der Waals surface area contributed by atoms with Crippen LogP contribution in [0.1, 0.15) is 335 Å². The lowest BCUT2D eigenvalue weighted by Crippen LogP contribution is -2.60. The fourth-order valence-corrected chi connectivity index (χ4v) is 11.4. The molecule has 0 aromatic heterocycles. The lowest BCUT2D eigenvalue weighted by molar-refractivity contribution is -0.303. The van der Waals surface area contributed by atoms with E-state index in [1.165, 1.54) is 244 Å². The van der Waals surface area contributed by atoms with Gasteiger partial charge in [-0.2, -0.15) is 0 Å². The van der Waals surface area contributed by atoms with E-state index in [0.717, 1.165) is 44.9 Å².